The van der Waals surface area contributed by atoms with Crippen molar-refractivity contribution in [1.82, 2.24) is 0 Å². The summed E-state index contributed by atoms with van der Waals surface area (Å²) in [7, 11) is -1.43. The van der Waals surface area contributed by atoms with Crippen LogP contribution in [0.25, 0.3) is 33.4 Å². The zero-order valence-electron chi connectivity index (χ0n) is 23.0. The first-order valence-corrected chi connectivity index (χ1v) is 14.2. The number of nitrogens with two attached hydrogens (primary N) is 2. The van der Waals surface area contributed by atoms with E-state index >= 15 is 0 Å². The van der Waals surface area contributed by atoms with Gasteiger partial charge in [0.25, 0.3) is 0 Å². The molecule has 42 heavy (non-hydrogen) atoms. The molecule has 0 radical (unpaired) electrons. The molecule has 6 aromatic carbocycles. The summed E-state index contributed by atoms with van der Waals surface area (Å²) in [5, 5.41) is 18.4. The second kappa shape index (κ2) is 15.4. The van der Waals surface area contributed by atoms with Crippen LogP contribution in [0.15, 0.2) is 162 Å². The van der Waals surface area contributed by atoms with Crippen molar-refractivity contribution in [1.29, 1.82) is 0 Å². The predicted octanol–water partition coefficient (Wildman–Crippen LogP) is 7.67. The van der Waals surface area contributed by atoms with Crippen LogP contribution in [0.5, 0.6) is 0 Å². The Labute approximate surface area is 256 Å². The number of para-hydroxylation sites is 2. The van der Waals surface area contributed by atoms with Gasteiger partial charge in [0.05, 0.1) is 0 Å². The van der Waals surface area contributed by atoms with Crippen LogP contribution in [-0.4, -0.2) is 17.2 Å². The van der Waals surface area contributed by atoms with Crippen molar-refractivity contribution < 1.29 is 10.0 Å². The molecule has 0 atom stereocenters. The largest absolute Gasteiger partial charge is 0.489 e. The summed E-state index contributed by atoms with van der Waals surface area (Å²) >= 11 is 3.27. The van der Waals surface area contributed by atoms with E-state index in [1.807, 2.05) is 97.1 Å². The molecule has 6 heteroatoms. The van der Waals surface area contributed by atoms with E-state index in [0.29, 0.717) is 5.46 Å². The fraction of sp³-hybridized carbons (Fsp3) is 0. The van der Waals surface area contributed by atoms with E-state index in [2.05, 4.69) is 64.5 Å². The molecule has 6 rings (SSSR count). The molecule has 0 saturated heterocycles. The SMILES string of the molecule is Nc1ccccc1-c1ccccc1-c1ccccc1.Nc1ccccc1Br.OB(O)c1ccccc1-c1ccccc1. The molecule has 0 amide bonds. The molecule has 0 aliphatic rings. The number of halogens is 1. The first-order valence-electron chi connectivity index (χ1n) is 13.5. The third-order valence-electron chi connectivity index (χ3n) is 6.49. The third-order valence-corrected chi connectivity index (χ3v) is 7.21. The van der Waals surface area contributed by atoms with Crippen LogP contribution in [0, 0.1) is 0 Å². The van der Waals surface area contributed by atoms with Crippen LogP contribution in [-0.2, 0) is 0 Å². The highest BCUT2D eigenvalue weighted by Crippen LogP contribution is 2.34. The minimum absolute atomic E-state index is 0.531. The molecule has 4 nitrogen and oxygen atoms in total. The average molecular weight is 615 g/mol. The Bertz CT molecular complexity index is 1680. The average Bonchev–Trinajstić information content (AvgIpc) is 3.04. The molecule has 6 aromatic rings. The maximum Gasteiger partial charge on any atom is 0.489 e. The van der Waals surface area contributed by atoms with Crippen LogP contribution >= 0.6 is 15.9 Å². The molecule has 0 aliphatic carbocycles. The number of hydrogen-bond donors (Lipinski definition) is 4. The first-order chi connectivity index (χ1) is 20.5. The van der Waals surface area contributed by atoms with Crippen LogP contribution < -0.4 is 16.9 Å². The van der Waals surface area contributed by atoms with E-state index in [1.54, 1.807) is 12.1 Å². The lowest BCUT2D eigenvalue weighted by atomic mass is 9.75. The van der Waals surface area contributed by atoms with Crippen molar-refractivity contribution >= 4 is 39.9 Å². The molecule has 0 spiro atoms. The number of nitrogen functional groups attached to an aromatic ring is 2. The molecule has 0 bridgehead atoms. The minimum Gasteiger partial charge on any atom is -0.423 e. The summed E-state index contributed by atoms with van der Waals surface area (Å²) < 4.78 is 0.958. The van der Waals surface area contributed by atoms with Gasteiger partial charge in [0.2, 0.25) is 0 Å². The lowest BCUT2D eigenvalue weighted by Crippen LogP contribution is -2.31. The van der Waals surface area contributed by atoms with Gasteiger partial charge in [-0.25, -0.2) is 0 Å². The Kier molecular flexibility index (Phi) is 11.1. The summed E-state index contributed by atoms with van der Waals surface area (Å²) in [6.07, 6.45) is 0. The van der Waals surface area contributed by atoms with Crippen molar-refractivity contribution in [3.05, 3.63) is 162 Å². The highest BCUT2D eigenvalue weighted by atomic mass is 79.9. The second-order valence-electron chi connectivity index (χ2n) is 9.35. The van der Waals surface area contributed by atoms with Gasteiger partial charge in [-0.2, -0.15) is 0 Å². The molecule has 0 aliphatic heterocycles. The Balaban J connectivity index is 0.000000157. The van der Waals surface area contributed by atoms with Crippen molar-refractivity contribution in [2.24, 2.45) is 0 Å². The summed E-state index contributed by atoms with van der Waals surface area (Å²) in [5.74, 6) is 0. The lowest BCUT2D eigenvalue weighted by molar-refractivity contribution is 0.426. The summed E-state index contributed by atoms with van der Waals surface area (Å²) in [4.78, 5) is 0. The molecule has 0 heterocycles. The number of anilines is 2. The van der Waals surface area contributed by atoms with Crippen molar-refractivity contribution in [2.45, 2.75) is 0 Å². The van der Waals surface area contributed by atoms with Gasteiger partial charge < -0.3 is 21.5 Å². The topological polar surface area (TPSA) is 92.5 Å². The Morgan fingerprint density at radius 2 is 0.810 bits per heavy atom. The standard InChI is InChI=1S/C18H15N.C12H11BO2.C6H6BrN/c19-18-13-7-6-12-17(18)16-11-5-4-10-15(16)14-8-2-1-3-9-14;14-13(15)12-9-5-4-8-11(12)10-6-2-1-3-7-10;7-5-3-1-2-4-6(5)8/h1-13H,19H2;1-9,14-15H;1-4H,8H2. The van der Waals surface area contributed by atoms with Gasteiger partial charge in [0.15, 0.2) is 0 Å². The molecule has 0 unspecified atom stereocenters. The fourth-order valence-corrected chi connectivity index (χ4v) is 4.69. The van der Waals surface area contributed by atoms with Crippen molar-refractivity contribution in [2.75, 3.05) is 11.5 Å². The third kappa shape index (κ3) is 8.21. The summed E-state index contributed by atoms with van der Waals surface area (Å²) in [5.41, 5.74) is 20.2. The highest BCUT2D eigenvalue weighted by molar-refractivity contribution is 9.10. The van der Waals surface area contributed by atoms with Gasteiger partial charge in [0.1, 0.15) is 0 Å². The van der Waals surface area contributed by atoms with Gasteiger partial charge in [-0.1, -0.05) is 140 Å². The first kappa shape index (κ1) is 30.3. The van der Waals surface area contributed by atoms with E-state index in [1.165, 1.54) is 16.7 Å². The van der Waals surface area contributed by atoms with Gasteiger partial charge >= 0.3 is 7.12 Å². The predicted molar refractivity (Wildman–Crippen MR) is 182 cm³/mol. The quantitative estimate of drug-likeness (QED) is 0.121. The summed E-state index contributed by atoms with van der Waals surface area (Å²) in [6.45, 7) is 0. The Morgan fingerprint density at radius 1 is 0.405 bits per heavy atom. The van der Waals surface area contributed by atoms with Crippen LogP contribution in [0.3, 0.4) is 0 Å². The second-order valence-corrected chi connectivity index (χ2v) is 10.2. The van der Waals surface area contributed by atoms with Gasteiger partial charge in [-0.15, -0.1) is 0 Å². The zero-order valence-corrected chi connectivity index (χ0v) is 24.6. The Morgan fingerprint density at radius 3 is 1.31 bits per heavy atom. The lowest BCUT2D eigenvalue weighted by Gasteiger charge is -2.11. The zero-order chi connectivity index (χ0) is 29.7. The monoisotopic (exact) mass is 614 g/mol. The van der Waals surface area contributed by atoms with E-state index < -0.39 is 7.12 Å². The van der Waals surface area contributed by atoms with Crippen LogP contribution in [0.4, 0.5) is 11.4 Å². The van der Waals surface area contributed by atoms with E-state index in [4.69, 9.17) is 11.5 Å². The molecule has 0 fully saturated rings. The Hall–Kier alpha value is -4.62. The van der Waals surface area contributed by atoms with Gasteiger partial charge in [-0.3, -0.25) is 0 Å². The van der Waals surface area contributed by atoms with Gasteiger partial charge in [-0.05, 0) is 67.4 Å². The van der Waals surface area contributed by atoms with Crippen molar-refractivity contribution in [3.63, 3.8) is 0 Å². The fourth-order valence-electron chi connectivity index (χ4n) is 4.41. The highest BCUT2D eigenvalue weighted by Gasteiger charge is 2.15. The van der Waals surface area contributed by atoms with E-state index in [9.17, 15) is 10.0 Å². The maximum atomic E-state index is 9.22. The number of benzene rings is 6. The molecule has 208 valence electrons. The van der Waals surface area contributed by atoms with E-state index in [0.717, 1.165) is 32.5 Å². The van der Waals surface area contributed by atoms with E-state index in [-0.39, 0.29) is 0 Å². The molecule has 0 saturated carbocycles. The molecule has 0 aromatic heterocycles. The van der Waals surface area contributed by atoms with Crippen molar-refractivity contribution in [3.8, 4) is 33.4 Å². The smallest absolute Gasteiger partial charge is 0.423 e. The number of hydrogen-bond acceptors (Lipinski definition) is 4. The minimum atomic E-state index is -1.43. The van der Waals surface area contributed by atoms with Crippen LogP contribution in [0.2, 0.25) is 0 Å². The summed E-state index contributed by atoms with van der Waals surface area (Å²) in [6, 6.07) is 51.3. The maximum absolute atomic E-state index is 9.22. The molecular weight excluding hydrogens is 583 g/mol. The molecule has 6 N–H and O–H groups in total. The normalized spacial score (nSPS) is 9.98. The molecular formula is C36H32BBrN2O2. The number of rotatable bonds is 4. The van der Waals surface area contributed by atoms with Crippen LogP contribution in [0.1, 0.15) is 0 Å². The van der Waals surface area contributed by atoms with Gasteiger partial charge in [0, 0.05) is 21.4 Å².